The van der Waals surface area contributed by atoms with Crippen molar-refractivity contribution in [3.63, 3.8) is 0 Å². The summed E-state index contributed by atoms with van der Waals surface area (Å²) in [6.45, 7) is 1.80. The predicted molar refractivity (Wildman–Crippen MR) is 77.8 cm³/mol. The number of benzene rings is 1. The highest BCUT2D eigenvalue weighted by Gasteiger charge is 2.18. The Morgan fingerprint density at radius 1 is 1.35 bits per heavy atom. The minimum absolute atomic E-state index is 0.131. The number of aryl methyl sites for hydroxylation is 2. The van der Waals surface area contributed by atoms with Gasteiger partial charge in [-0.25, -0.2) is 4.39 Å². The third-order valence-electron chi connectivity index (χ3n) is 3.19. The Labute approximate surface area is 126 Å². The first-order valence-corrected chi connectivity index (χ1v) is 6.94. The highest BCUT2D eigenvalue weighted by atomic mass is 35.5. The summed E-state index contributed by atoms with van der Waals surface area (Å²) in [4.78, 5) is 0. The van der Waals surface area contributed by atoms with Gasteiger partial charge in [0.15, 0.2) is 0 Å². The first-order valence-electron chi connectivity index (χ1n) is 6.19. The highest BCUT2D eigenvalue weighted by molar-refractivity contribution is 6.32. The van der Waals surface area contributed by atoms with E-state index in [2.05, 4.69) is 5.10 Å². The van der Waals surface area contributed by atoms with E-state index in [9.17, 15) is 9.50 Å². The predicted octanol–water partition coefficient (Wildman–Crippen LogP) is 3.32. The first kappa shape index (κ1) is 15.3. The molecule has 0 saturated carbocycles. The van der Waals surface area contributed by atoms with Crippen molar-refractivity contribution in [1.82, 2.24) is 9.78 Å². The summed E-state index contributed by atoms with van der Waals surface area (Å²) in [5.41, 5.74) is 1.75. The molecule has 2 rings (SSSR count). The third-order valence-corrected chi connectivity index (χ3v) is 4.04. The molecule has 0 spiro atoms. The van der Waals surface area contributed by atoms with E-state index in [1.165, 1.54) is 12.1 Å². The molecular formula is C14H15Cl2FN2O. The van der Waals surface area contributed by atoms with Gasteiger partial charge in [0.2, 0.25) is 0 Å². The van der Waals surface area contributed by atoms with Crippen LogP contribution in [0, 0.1) is 12.7 Å². The Morgan fingerprint density at radius 3 is 2.60 bits per heavy atom. The SMILES string of the molecule is Cc1nn(C)c(CC(O)Cc2c(F)cccc2Cl)c1Cl. The number of aromatic nitrogens is 2. The van der Waals surface area contributed by atoms with Crippen LogP contribution in [0.2, 0.25) is 10.0 Å². The average molecular weight is 317 g/mol. The van der Waals surface area contributed by atoms with E-state index >= 15 is 0 Å². The van der Waals surface area contributed by atoms with Gasteiger partial charge in [-0.1, -0.05) is 29.3 Å². The summed E-state index contributed by atoms with van der Waals surface area (Å²) in [7, 11) is 1.76. The van der Waals surface area contributed by atoms with E-state index in [0.717, 1.165) is 5.69 Å². The summed E-state index contributed by atoms with van der Waals surface area (Å²) in [6.07, 6.45) is -0.357. The van der Waals surface area contributed by atoms with Crippen molar-refractivity contribution in [3.8, 4) is 0 Å². The van der Waals surface area contributed by atoms with Crippen LogP contribution in [0.5, 0.6) is 0 Å². The summed E-state index contributed by atoms with van der Waals surface area (Å²) in [6, 6.07) is 4.47. The monoisotopic (exact) mass is 316 g/mol. The third kappa shape index (κ3) is 3.14. The molecule has 0 aliphatic heterocycles. The summed E-state index contributed by atoms with van der Waals surface area (Å²) < 4.78 is 15.3. The maximum atomic E-state index is 13.7. The Kier molecular flexibility index (Phi) is 4.68. The summed E-state index contributed by atoms with van der Waals surface area (Å²) >= 11 is 12.1. The van der Waals surface area contributed by atoms with Crippen molar-refractivity contribution >= 4 is 23.2 Å². The van der Waals surface area contributed by atoms with E-state index in [1.807, 2.05) is 0 Å². The summed E-state index contributed by atoms with van der Waals surface area (Å²) in [5.74, 6) is -0.413. The fourth-order valence-corrected chi connectivity index (χ4v) is 2.64. The molecular weight excluding hydrogens is 302 g/mol. The minimum Gasteiger partial charge on any atom is -0.392 e. The second-order valence-electron chi connectivity index (χ2n) is 4.73. The Morgan fingerprint density at radius 2 is 2.05 bits per heavy atom. The van der Waals surface area contributed by atoms with Crippen LogP contribution < -0.4 is 0 Å². The van der Waals surface area contributed by atoms with Crippen LogP contribution in [0.3, 0.4) is 0 Å². The fraction of sp³-hybridized carbons (Fsp3) is 0.357. The molecule has 0 fully saturated rings. The van der Waals surface area contributed by atoms with Crippen LogP contribution in [0.4, 0.5) is 4.39 Å². The largest absolute Gasteiger partial charge is 0.392 e. The molecule has 1 aromatic heterocycles. The van der Waals surface area contributed by atoms with Crippen LogP contribution in [0.15, 0.2) is 18.2 Å². The topological polar surface area (TPSA) is 38.0 Å². The highest BCUT2D eigenvalue weighted by Crippen LogP contribution is 2.24. The van der Waals surface area contributed by atoms with Gasteiger partial charge in [0.1, 0.15) is 5.82 Å². The molecule has 0 aliphatic rings. The van der Waals surface area contributed by atoms with Gasteiger partial charge in [-0.15, -0.1) is 0 Å². The molecule has 1 atom stereocenters. The Hall–Kier alpha value is -1.10. The number of hydrogen-bond acceptors (Lipinski definition) is 2. The van der Waals surface area contributed by atoms with Crippen LogP contribution >= 0.6 is 23.2 Å². The Bertz CT molecular complexity index is 608. The fourth-order valence-electron chi connectivity index (χ4n) is 2.16. The van der Waals surface area contributed by atoms with Gasteiger partial charge in [0, 0.05) is 30.5 Å². The molecule has 1 N–H and O–H groups in total. The molecule has 0 aliphatic carbocycles. The van der Waals surface area contributed by atoms with Gasteiger partial charge in [-0.2, -0.15) is 5.10 Å². The van der Waals surface area contributed by atoms with Crippen molar-refractivity contribution in [2.75, 3.05) is 0 Å². The quantitative estimate of drug-likeness (QED) is 0.939. The van der Waals surface area contributed by atoms with Crippen LogP contribution in [0.1, 0.15) is 17.0 Å². The lowest BCUT2D eigenvalue weighted by Crippen LogP contribution is -2.17. The van der Waals surface area contributed by atoms with Gasteiger partial charge in [0.25, 0.3) is 0 Å². The number of nitrogens with zero attached hydrogens (tertiary/aromatic N) is 2. The molecule has 20 heavy (non-hydrogen) atoms. The van der Waals surface area contributed by atoms with Crippen molar-refractivity contribution in [2.45, 2.75) is 25.9 Å². The molecule has 3 nitrogen and oxygen atoms in total. The zero-order valence-corrected chi connectivity index (χ0v) is 12.7. The van der Waals surface area contributed by atoms with E-state index < -0.39 is 11.9 Å². The lowest BCUT2D eigenvalue weighted by Gasteiger charge is -2.13. The van der Waals surface area contributed by atoms with E-state index in [1.54, 1.807) is 24.7 Å². The molecule has 0 saturated heterocycles. The molecule has 1 aromatic carbocycles. The molecule has 0 radical (unpaired) electrons. The molecule has 0 amide bonds. The zero-order valence-electron chi connectivity index (χ0n) is 11.2. The lowest BCUT2D eigenvalue weighted by molar-refractivity contribution is 0.171. The normalized spacial score (nSPS) is 12.7. The number of rotatable bonds is 4. The van der Waals surface area contributed by atoms with E-state index in [4.69, 9.17) is 23.2 Å². The maximum absolute atomic E-state index is 13.7. The number of aliphatic hydroxyl groups excluding tert-OH is 1. The lowest BCUT2D eigenvalue weighted by atomic mass is 10.0. The number of hydrogen-bond donors (Lipinski definition) is 1. The molecule has 2 aromatic rings. The van der Waals surface area contributed by atoms with Crippen LogP contribution in [-0.2, 0) is 19.9 Å². The van der Waals surface area contributed by atoms with E-state index in [-0.39, 0.29) is 6.42 Å². The maximum Gasteiger partial charge on any atom is 0.127 e. The standard InChI is InChI=1S/C14H15Cl2FN2O/c1-8-14(16)13(19(2)18-8)7-9(20)6-10-11(15)4-3-5-12(10)17/h3-5,9,20H,6-7H2,1-2H3. The second kappa shape index (κ2) is 6.12. The van der Waals surface area contributed by atoms with Crippen molar-refractivity contribution in [2.24, 2.45) is 7.05 Å². The van der Waals surface area contributed by atoms with Crippen molar-refractivity contribution in [3.05, 3.63) is 51.0 Å². The zero-order chi connectivity index (χ0) is 14.9. The molecule has 0 bridgehead atoms. The molecule has 6 heteroatoms. The molecule has 1 unspecified atom stereocenters. The summed E-state index contributed by atoms with van der Waals surface area (Å²) in [5, 5.41) is 15.2. The van der Waals surface area contributed by atoms with Crippen LogP contribution in [-0.4, -0.2) is 21.0 Å². The van der Waals surface area contributed by atoms with Gasteiger partial charge >= 0.3 is 0 Å². The molecule has 1 heterocycles. The average Bonchev–Trinajstić information content (AvgIpc) is 2.61. The van der Waals surface area contributed by atoms with Gasteiger partial charge in [-0.05, 0) is 19.1 Å². The number of aliphatic hydroxyl groups is 1. The van der Waals surface area contributed by atoms with Gasteiger partial charge in [0.05, 0.1) is 22.5 Å². The second-order valence-corrected chi connectivity index (χ2v) is 5.52. The van der Waals surface area contributed by atoms with Gasteiger partial charge in [-0.3, -0.25) is 4.68 Å². The van der Waals surface area contributed by atoms with Crippen LogP contribution in [0.25, 0.3) is 0 Å². The Balaban J connectivity index is 2.15. The first-order chi connectivity index (χ1) is 9.40. The molecule has 108 valence electrons. The smallest absolute Gasteiger partial charge is 0.127 e. The van der Waals surface area contributed by atoms with Crippen molar-refractivity contribution < 1.29 is 9.50 Å². The van der Waals surface area contributed by atoms with Gasteiger partial charge < -0.3 is 5.11 Å². The van der Waals surface area contributed by atoms with Crippen molar-refractivity contribution in [1.29, 1.82) is 0 Å². The minimum atomic E-state index is -0.781. The van der Waals surface area contributed by atoms with E-state index in [0.29, 0.717) is 27.7 Å². The number of halogens is 3.